The molecule has 3 heterocycles. The third-order valence-corrected chi connectivity index (χ3v) is 7.40. The summed E-state index contributed by atoms with van der Waals surface area (Å²) in [5, 5.41) is 3.01. The maximum atomic E-state index is 13.8. The lowest BCUT2D eigenvalue weighted by Gasteiger charge is -2.44. The molecule has 0 bridgehead atoms. The zero-order valence-electron chi connectivity index (χ0n) is 20.5. The molecule has 1 saturated heterocycles. The number of benzene rings is 1. The van der Waals surface area contributed by atoms with E-state index in [1.54, 1.807) is 23.5 Å². The van der Waals surface area contributed by atoms with Crippen LogP contribution in [0.2, 0.25) is 0 Å². The second kappa shape index (κ2) is 9.36. The van der Waals surface area contributed by atoms with E-state index in [2.05, 4.69) is 10.3 Å². The van der Waals surface area contributed by atoms with Gasteiger partial charge in [0.15, 0.2) is 5.69 Å². The van der Waals surface area contributed by atoms with E-state index in [0.717, 1.165) is 44.1 Å². The lowest BCUT2D eigenvalue weighted by Crippen LogP contribution is -2.64. The van der Waals surface area contributed by atoms with Crippen LogP contribution >= 0.6 is 0 Å². The Hall–Kier alpha value is -3.36. The fourth-order valence-corrected chi connectivity index (χ4v) is 5.35. The number of methoxy groups -OCH3 is 1. The minimum atomic E-state index is -1.09. The Morgan fingerprint density at radius 3 is 2.54 bits per heavy atom. The summed E-state index contributed by atoms with van der Waals surface area (Å²) in [6.45, 7) is 3.73. The summed E-state index contributed by atoms with van der Waals surface area (Å²) in [5.74, 6) is -0.00739. The quantitative estimate of drug-likeness (QED) is 0.687. The van der Waals surface area contributed by atoms with Gasteiger partial charge in [0, 0.05) is 31.2 Å². The number of likely N-dealkylation sites (tertiary alicyclic amines) is 1. The van der Waals surface area contributed by atoms with Crippen molar-refractivity contribution in [2.75, 3.05) is 20.2 Å². The Morgan fingerprint density at radius 1 is 1.14 bits per heavy atom. The zero-order chi connectivity index (χ0) is 24.6. The van der Waals surface area contributed by atoms with Crippen molar-refractivity contribution in [2.45, 2.75) is 70.1 Å². The molecule has 186 valence electrons. The van der Waals surface area contributed by atoms with Crippen LogP contribution in [0.15, 0.2) is 30.6 Å². The van der Waals surface area contributed by atoms with Crippen molar-refractivity contribution in [2.24, 2.45) is 0 Å². The van der Waals surface area contributed by atoms with Crippen LogP contribution in [0.25, 0.3) is 0 Å². The molecule has 0 radical (unpaired) electrons. The Bertz CT molecular complexity index is 1130. The van der Waals surface area contributed by atoms with Crippen LogP contribution in [0, 0.1) is 0 Å². The van der Waals surface area contributed by atoms with Crippen molar-refractivity contribution in [1.82, 2.24) is 24.7 Å². The number of nitrogens with zero attached hydrogens (tertiary/aromatic N) is 4. The third-order valence-electron chi connectivity index (χ3n) is 7.40. The summed E-state index contributed by atoms with van der Waals surface area (Å²) >= 11 is 0. The standard InChI is InChI=1S/C26H33N5O4/c1-26(25(34)27-15-18-9-5-6-10-20(18)35-2)16-30-17-28-21(22(30)24(33)31(26)19-11-12-19)23(32)29-13-7-3-4-8-14-29/h5-6,9-10,17,19H,3-4,7-8,11-16H2,1-2H3,(H,27,34)/t26-/m1/s1. The first kappa shape index (κ1) is 23.4. The molecule has 3 amide bonds. The molecule has 9 heteroatoms. The van der Waals surface area contributed by atoms with Crippen LogP contribution in [0.4, 0.5) is 0 Å². The molecule has 1 saturated carbocycles. The SMILES string of the molecule is COc1ccccc1CNC(=O)[C@@]1(C)Cn2cnc(C(=O)N3CCCCCC3)c2C(=O)N1C1CC1. The molecule has 1 N–H and O–H groups in total. The minimum absolute atomic E-state index is 0.00528. The van der Waals surface area contributed by atoms with E-state index in [1.165, 1.54) is 6.33 Å². The first-order valence-corrected chi connectivity index (χ1v) is 12.5. The van der Waals surface area contributed by atoms with E-state index in [9.17, 15) is 14.4 Å². The maximum Gasteiger partial charge on any atom is 0.274 e. The molecular formula is C26H33N5O4. The van der Waals surface area contributed by atoms with Crippen LogP contribution in [0.3, 0.4) is 0 Å². The Labute approximate surface area is 205 Å². The number of imidazole rings is 1. The van der Waals surface area contributed by atoms with Crippen molar-refractivity contribution in [1.29, 1.82) is 0 Å². The molecule has 2 aromatic rings. The summed E-state index contributed by atoms with van der Waals surface area (Å²) < 4.78 is 7.09. The van der Waals surface area contributed by atoms with E-state index in [0.29, 0.717) is 31.1 Å². The Balaban J connectivity index is 1.41. The maximum absolute atomic E-state index is 13.8. The number of hydrogen-bond acceptors (Lipinski definition) is 5. The van der Waals surface area contributed by atoms with Gasteiger partial charge in [0.25, 0.3) is 11.8 Å². The Kier molecular flexibility index (Phi) is 6.25. The highest BCUT2D eigenvalue weighted by molar-refractivity contribution is 6.07. The second-order valence-electron chi connectivity index (χ2n) is 9.95. The van der Waals surface area contributed by atoms with Gasteiger partial charge in [-0.2, -0.15) is 0 Å². The van der Waals surface area contributed by atoms with Crippen molar-refractivity contribution < 1.29 is 19.1 Å². The molecule has 3 aliphatic rings. The molecule has 1 aromatic heterocycles. The normalized spacial score (nSPS) is 22.4. The average molecular weight is 480 g/mol. The van der Waals surface area contributed by atoms with E-state index >= 15 is 0 Å². The highest BCUT2D eigenvalue weighted by Gasteiger charge is 2.53. The number of amides is 3. The number of rotatable bonds is 6. The monoisotopic (exact) mass is 479 g/mol. The van der Waals surface area contributed by atoms with Gasteiger partial charge in [0.2, 0.25) is 5.91 Å². The summed E-state index contributed by atoms with van der Waals surface area (Å²) in [6.07, 6.45) is 7.40. The molecule has 2 fully saturated rings. The van der Waals surface area contributed by atoms with Gasteiger partial charge >= 0.3 is 0 Å². The summed E-state index contributed by atoms with van der Waals surface area (Å²) in [4.78, 5) is 48.6. The summed E-state index contributed by atoms with van der Waals surface area (Å²) in [6, 6.07) is 7.53. The summed E-state index contributed by atoms with van der Waals surface area (Å²) in [7, 11) is 1.60. The fraction of sp³-hybridized carbons (Fsp3) is 0.538. The predicted molar refractivity (Wildman–Crippen MR) is 129 cm³/mol. The number of ether oxygens (including phenoxy) is 1. The summed E-state index contributed by atoms with van der Waals surface area (Å²) in [5.41, 5.74) is 0.289. The van der Waals surface area contributed by atoms with Crippen LogP contribution in [-0.2, 0) is 17.9 Å². The third kappa shape index (κ3) is 4.28. The number of para-hydroxylation sites is 1. The molecule has 2 aliphatic heterocycles. The average Bonchev–Trinajstić information content (AvgIpc) is 3.65. The van der Waals surface area contributed by atoms with Crippen molar-refractivity contribution >= 4 is 17.7 Å². The van der Waals surface area contributed by atoms with Gasteiger partial charge in [-0.1, -0.05) is 31.0 Å². The smallest absolute Gasteiger partial charge is 0.274 e. The van der Waals surface area contributed by atoms with E-state index < -0.39 is 5.54 Å². The number of aromatic nitrogens is 2. The van der Waals surface area contributed by atoms with E-state index in [1.807, 2.05) is 29.2 Å². The van der Waals surface area contributed by atoms with E-state index in [-0.39, 0.29) is 36.0 Å². The van der Waals surface area contributed by atoms with Gasteiger partial charge in [-0.3, -0.25) is 14.4 Å². The van der Waals surface area contributed by atoms with Crippen molar-refractivity contribution in [3.8, 4) is 5.75 Å². The lowest BCUT2D eigenvalue weighted by molar-refractivity contribution is -0.133. The molecule has 1 aliphatic carbocycles. The molecular weight excluding hydrogens is 446 g/mol. The molecule has 1 aromatic carbocycles. The number of hydrogen-bond donors (Lipinski definition) is 1. The number of nitrogens with one attached hydrogen (secondary N) is 1. The van der Waals surface area contributed by atoms with Gasteiger partial charge in [-0.15, -0.1) is 0 Å². The number of carbonyl (C=O) groups excluding carboxylic acids is 3. The minimum Gasteiger partial charge on any atom is -0.496 e. The first-order valence-electron chi connectivity index (χ1n) is 12.5. The van der Waals surface area contributed by atoms with Gasteiger partial charge in [0.1, 0.15) is 17.0 Å². The van der Waals surface area contributed by atoms with Crippen LogP contribution in [0.1, 0.15) is 72.0 Å². The van der Waals surface area contributed by atoms with Gasteiger partial charge in [-0.25, -0.2) is 4.98 Å². The van der Waals surface area contributed by atoms with Crippen LogP contribution < -0.4 is 10.1 Å². The van der Waals surface area contributed by atoms with Gasteiger partial charge < -0.3 is 24.4 Å². The molecule has 1 atom stereocenters. The van der Waals surface area contributed by atoms with E-state index in [4.69, 9.17) is 4.74 Å². The van der Waals surface area contributed by atoms with Crippen LogP contribution in [-0.4, -0.2) is 68.9 Å². The topological polar surface area (TPSA) is 96.8 Å². The number of fused-ring (bicyclic) bond motifs is 1. The Morgan fingerprint density at radius 2 is 1.86 bits per heavy atom. The highest BCUT2D eigenvalue weighted by Crippen LogP contribution is 2.39. The van der Waals surface area contributed by atoms with Crippen molar-refractivity contribution in [3.05, 3.63) is 47.5 Å². The van der Waals surface area contributed by atoms with Crippen LogP contribution in [0.5, 0.6) is 5.75 Å². The zero-order valence-corrected chi connectivity index (χ0v) is 20.5. The number of carbonyl (C=O) groups is 3. The highest BCUT2D eigenvalue weighted by atomic mass is 16.5. The predicted octanol–water partition coefficient (Wildman–Crippen LogP) is 2.60. The second-order valence-corrected chi connectivity index (χ2v) is 9.95. The molecule has 5 rings (SSSR count). The van der Waals surface area contributed by atoms with Gasteiger partial charge in [0.05, 0.1) is 20.0 Å². The largest absolute Gasteiger partial charge is 0.496 e. The molecule has 9 nitrogen and oxygen atoms in total. The lowest BCUT2D eigenvalue weighted by atomic mass is 9.93. The van der Waals surface area contributed by atoms with Gasteiger partial charge in [-0.05, 0) is 38.7 Å². The molecule has 0 spiro atoms. The van der Waals surface area contributed by atoms with Crippen molar-refractivity contribution in [3.63, 3.8) is 0 Å². The fourth-order valence-electron chi connectivity index (χ4n) is 5.35. The first-order chi connectivity index (χ1) is 16.9. The molecule has 35 heavy (non-hydrogen) atoms. The molecule has 0 unspecified atom stereocenters.